The predicted molar refractivity (Wildman–Crippen MR) is 479 cm³/mol. The first-order valence-corrected chi connectivity index (χ1v) is 40.0. The third-order valence-corrected chi connectivity index (χ3v) is 23.5. The largest absolute Gasteiger partial charge is 0.354 e. The van der Waals surface area contributed by atoms with Gasteiger partial charge in [0, 0.05) is 66.5 Å². The SMILES string of the molecule is Cc1cc(C)c(-c2c3nc(c(-c4c(C)cc(C)cc4C)c4ccc([nH]4)c(-c4c(C)cc(C)cc4C)c4nc(c(C#CC(C#Cc5c6nc(c(-c7c(C)cc(C)cc7C)c7ccc([nH]7)c(-c7c(C)cc(C)cc7C)c7nc(c(-c8c(C)cc(C)cc8C)c8ccc5[nH]8)C=C7)C=C6)=C5CCCCC5)c5ccc2[nH]5)C=C4)C=C3)c(C)c1. The Balaban J connectivity index is 0.960. The smallest absolute Gasteiger partial charge is 0.0815 e. The van der Waals surface area contributed by atoms with Crippen LogP contribution in [0, 0.1) is 148 Å². The second kappa shape index (κ2) is 28.9. The van der Waals surface area contributed by atoms with Gasteiger partial charge in [0.15, 0.2) is 0 Å². The van der Waals surface area contributed by atoms with Gasteiger partial charge in [-0.05, 0) is 353 Å². The number of aromatic amines is 4. The molecule has 1 saturated carbocycles. The zero-order chi connectivity index (χ0) is 78.7. The van der Waals surface area contributed by atoms with E-state index in [1.54, 1.807) is 0 Å². The molecule has 0 spiro atoms. The number of rotatable bonds is 6. The highest BCUT2D eigenvalue weighted by atomic mass is 14.8. The molecule has 113 heavy (non-hydrogen) atoms. The van der Waals surface area contributed by atoms with Crippen molar-refractivity contribution in [1.82, 2.24) is 39.9 Å². The van der Waals surface area contributed by atoms with E-state index in [4.69, 9.17) is 19.9 Å². The first-order chi connectivity index (χ1) is 54.4. The molecule has 6 aromatic carbocycles. The van der Waals surface area contributed by atoms with Crippen molar-refractivity contribution in [2.45, 2.75) is 157 Å². The van der Waals surface area contributed by atoms with Crippen LogP contribution in [-0.2, 0) is 0 Å². The first-order valence-electron chi connectivity index (χ1n) is 40.0. The molecule has 0 radical (unpaired) electrons. The molecule has 6 aromatic heterocycles. The Morgan fingerprint density at radius 2 is 0.416 bits per heavy atom. The molecule has 17 rings (SSSR count). The molecule has 1 fully saturated rings. The van der Waals surface area contributed by atoms with E-state index >= 15 is 0 Å². The Labute approximate surface area is 664 Å². The first kappa shape index (κ1) is 73.2. The van der Waals surface area contributed by atoms with E-state index in [-0.39, 0.29) is 0 Å². The van der Waals surface area contributed by atoms with Gasteiger partial charge in [0.05, 0.1) is 73.3 Å². The molecule has 556 valence electrons. The summed E-state index contributed by atoms with van der Waals surface area (Å²) in [5, 5.41) is 0. The van der Waals surface area contributed by atoms with Gasteiger partial charge < -0.3 is 19.9 Å². The van der Waals surface area contributed by atoms with Gasteiger partial charge >= 0.3 is 0 Å². The topological polar surface area (TPSA) is 115 Å². The van der Waals surface area contributed by atoms with E-state index < -0.39 is 0 Å². The number of H-pyrrole nitrogens is 4. The fourth-order valence-corrected chi connectivity index (χ4v) is 19.4. The molecule has 12 aromatic rings. The molecule has 16 bridgehead atoms. The van der Waals surface area contributed by atoms with Crippen LogP contribution in [0.3, 0.4) is 0 Å². The molecular weight excluding hydrogens is 1370 g/mol. The van der Waals surface area contributed by atoms with Crippen LogP contribution in [0.4, 0.5) is 0 Å². The summed E-state index contributed by atoms with van der Waals surface area (Å²) in [6, 6.07) is 45.2. The maximum absolute atomic E-state index is 5.79. The van der Waals surface area contributed by atoms with Crippen molar-refractivity contribution < 1.29 is 0 Å². The van der Waals surface area contributed by atoms with Crippen LogP contribution in [0.2, 0.25) is 0 Å². The van der Waals surface area contributed by atoms with Crippen molar-refractivity contribution in [2.24, 2.45) is 0 Å². The zero-order valence-electron chi connectivity index (χ0n) is 68.5. The highest BCUT2D eigenvalue weighted by Crippen LogP contribution is 2.46. The monoisotopic (exact) mass is 1470 g/mol. The average Bonchev–Trinajstić information content (AvgIpc) is 1.63. The van der Waals surface area contributed by atoms with Crippen LogP contribution in [0.15, 0.2) is 132 Å². The molecule has 8 nitrogen and oxygen atoms in total. The van der Waals surface area contributed by atoms with Crippen LogP contribution >= 0.6 is 0 Å². The van der Waals surface area contributed by atoms with E-state index in [0.29, 0.717) is 0 Å². The van der Waals surface area contributed by atoms with Gasteiger partial charge in [0.1, 0.15) is 0 Å². The molecule has 4 N–H and O–H groups in total. The Morgan fingerprint density at radius 1 is 0.230 bits per heavy atom. The van der Waals surface area contributed by atoms with E-state index in [0.717, 1.165) is 194 Å². The molecule has 4 aliphatic heterocycles. The number of aryl methyl sites for hydroxylation is 18. The number of allylic oxidation sites excluding steroid dienone is 2. The van der Waals surface area contributed by atoms with Crippen molar-refractivity contribution in [3.05, 3.63) is 289 Å². The van der Waals surface area contributed by atoms with Gasteiger partial charge in [-0.2, -0.15) is 0 Å². The fourth-order valence-electron chi connectivity index (χ4n) is 19.4. The highest BCUT2D eigenvalue weighted by Gasteiger charge is 2.27. The molecular formula is C105H96N8. The summed E-state index contributed by atoms with van der Waals surface area (Å²) in [4.78, 5) is 39.3. The number of aromatic nitrogens is 8. The minimum atomic E-state index is 0.753. The van der Waals surface area contributed by atoms with Gasteiger partial charge in [0.2, 0.25) is 0 Å². The maximum atomic E-state index is 5.79. The summed E-state index contributed by atoms with van der Waals surface area (Å²) in [5.41, 5.74) is 52.3. The van der Waals surface area contributed by atoms with E-state index in [1.165, 1.54) is 117 Å². The van der Waals surface area contributed by atoms with E-state index in [1.807, 2.05) is 0 Å². The molecule has 8 heteroatoms. The van der Waals surface area contributed by atoms with Crippen molar-refractivity contribution >= 4 is 92.7 Å². The second-order valence-corrected chi connectivity index (χ2v) is 32.7. The summed E-state index contributed by atoms with van der Waals surface area (Å²) in [5.74, 6) is 15.6. The second-order valence-electron chi connectivity index (χ2n) is 32.7. The van der Waals surface area contributed by atoms with Crippen molar-refractivity contribution in [1.29, 1.82) is 0 Å². The van der Waals surface area contributed by atoms with E-state index in [9.17, 15) is 0 Å². The zero-order valence-corrected chi connectivity index (χ0v) is 68.5. The fraction of sp³-hybridized carbons (Fsp3) is 0.219. The van der Waals surface area contributed by atoms with Crippen LogP contribution in [0.5, 0.6) is 0 Å². The molecule has 0 unspecified atom stereocenters. The molecule has 0 atom stereocenters. The van der Waals surface area contributed by atoms with E-state index in [2.05, 4.69) is 338 Å². The normalized spacial score (nSPS) is 12.9. The van der Waals surface area contributed by atoms with Crippen LogP contribution < -0.4 is 0 Å². The van der Waals surface area contributed by atoms with Crippen molar-refractivity contribution in [2.75, 3.05) is 0 Å². The van der Waals surface area contributed by atoms with Gasteiger partial charge in [-0.15, -0.1) is 0 Å². The summed E-state index contributed by atoms with van der Waals surface area (Å²) in [6.45, 7) is 39.8. The summed E-state index contributed by atoms with van der Waals surface area (Å²) in [6.07, 6.45) is 22.6. The van der Waals surface area contributed by atoms with Gasteiger partial charge in [-0.1, -0.05) is 136 Å². The number of hydrogen-bond acceptors (Lipinski definition) is 4. The van der Waals surface area contributed by atoms with Gasteiger partial charge in [-0.25, -0.2) is 19.9 Å². The Kier molecular flexibility index (Phi) is 18.7. The predicted octanol–water partition coefficient (Wildman–Crippen LogP) is 26.8. The summed E-state index contributed by atoms with van der Waals surface area (Å²) < 4.78 is 0. The minimum absolute atomic E-state index is 0.753. The molecule has 1 aliphatic carbocycles. The lowest BCUT2D eigenvalue weighted by Gasteiger charge is -2.14. The van der Waals surface area contributed by atoms with Crippen molar-refractivity contribution in [3.8, 4) is 90.4 Å². The standard InChI is InChI=1S/C105H96N8/c1-56-44-62(7)94(63(8)45-56)100-82-32-28-78(106-82)76(79-29-33-83(107-79)101(95-64(9)46-57(2)47-65(95)10)87-37-41-91(111-87)104(90-40-36-86(100)110-90)98-70(15)52-60(5)53-71(98)16)26-24-75(74-22-20-19-21-23-74)25-27-77-80-30-34-84(108-80)102(96-66(11)48-58(3)49-67(96)12)88-38-42-92(112-88)105(99-72(17)54-61(6)55-73(99)18)93-43-39-89(113-93)103(85-35-31-81(77)109-85)97-68(13)50-59(4)51-69(97)14/h28-55,106,108,111,113H,19-23H2,1-18H3. The van der Waals surface area contributed by atoms with Gasteiger partial charge in [-0.3, -0.25) is 0 Å². The lowest BCUT2D eigenvalue weighted by molar-refractivity contribution is 0.597. The lowest BCUT2D eigenvalue weighted by atomic mass is 9.91. The minimum Gasteiger partial charge on any atom is -0.354 e. The van der Waals surface area contributed by atoms with Gasteiger partial charge in [0.25, 0.3) is 0 Å². The highest BCUT2D eigenvalue weighted by molar-refractivity contribution is 6.03. The molecule has 0 amide bonds. The average molecular weight is 1470 g/mol. The Hall–Kier alpha value is -12.6. The third kappa shape index (κ3) is 13.4. The van der Waals surface area contributed by atoms with Crippen LogP contribution in [0.1, 0.15) is 189 Å². The molecule has 10 heterocycles. The summed E-state index contributed by atoms with van der Waals surface area (Å²) >= 11 is 0. The maximum Gasteiger partial charge on any atom is 0.0815 e. The molecule has 5 aliphatic rings. The summed E-state index contributed by atoms with van der Waals surface area (Å²) in [7, 11) is 0. The number of fused-ring (bicyclic) bond motifs is 16. The quantitative estimate of drug-likeness (QED) is 0.124. The number of benzene rings is 6. The Morgan fingerprint density at radius 3 is 0.637 bits per heavy atom. The van der Waals surface area contributed by atoms with Crippen molar-refractivity contribution in [3.63, 3.8) is 0 Å². The number of nitrogens with zero attached hydrogens (tertiary/aromatic N) is 4. The molecule has 0 saturated heterocycles. The number of nitrogens with one attached hydrogen (secondary N) is 4. The Bertz CT molecular complexity index is 6200. The third-order valence-electron chi connectivity index (χ3n) is 23.5. The lowest BCUT2D eigenvalue weighted by Crippen LogP contribution is -1.97. The van der Waals surface area contributed by atoms with Crippen LogP contribution in [0.25, 0.3) is 160 Å². The van der Waals surface area contributed by atoms with Crippen LogP contribution in [-0.4, -0.2) is 39.9 Å². The number of hydrogen-bond donors (Lipinski definition) is 4.